The van der Waals surface area contributed by atoms with Gasteiger partial charge in [-0.05, 0) is 58.3 Å². The molecule has 0 aromatic heterocycles. The van der Waals surface area contributed by atoms with Crippen molar-refractivity contribution >= 4 is 11.9 Å². The molecule has 0 saturated carbocycles. The molecule has 0 bridgehead atoms. The zero-order valence-corrected chi connectivity index (χ0v) is 25.3. The number of hydrogen-bond acceptors (Lipinski definition) is 5. The molecule has 0 aromatic rings. The third-order valence-corrected chi connectivity index (χ3v) is 6.81. The monoisotopic (exact) mass is 540 g/mol. The van der Waals surface area contributed by atoms with Crippen LogP contribution in [0.1, 0.15) is 99.8 Å². The topological polar surface area (TPSA) is 72.8 Å². The molecule has 1 N–H and O–H groups in total. The summed E-state index contributed by atoms with van der Waals surface area (Å²) in [4.78, 5) is 24.9. The second-order valence-corrected chi connectivity index (χ2v) is 11.2. The number of unbranched alkanes of at least 4 members (excludes halogenated alkanes) is 1. The molecule has 0 aromatic carbocycles. The van der Waals surface area contributed by atoms with Crippen molar-refractivity contribution in [1.82, 2.24) is 0 Å². The van der Waals surface area contributed by atoms with E-state index in [-0.39, 0.29) is 36.0 Å². The minimum atomic E-state index is -0.398. The van der Waals surface area contributed by atoms with Gasteiger partial charge in [0.05, 0.1) is 6.10 Å². The number of allylic oxidation sites excluding steroid dienone is 9. The van der Waals surface area contributed by atoms with Crippen LogP contribution in [0.2, 0.25) is 0 Å². The molecular weight excluding hydrogens is 488 g/mol. The third-order valence-electron chi connectivity index (χ3n) is 6.81. The average Bonchev–Trinajstić information content (AvgIpc) is 2.86. The van der Waals surface area contributed by atoms with Gasteiger partial charge in [-0.15, -0.1) is 0 Å². The van der Waals surface area contributed by atoms with Gasteiger partial charge in [0.1, 0.15) is 12.2 Å². The van der Waals surface area contributed by atoms with Crippen LogP contribution in [0.4, 0.5) is 0 Å². The van der Waals surface area contributed by atoms with Crippen LogP contribution < -0.4 is 0 Å². The van der Waals surface area contributed by atoms with Crippen molar-refractivity contribution < 1.29 is 24.2 Å². The molecule has 5 nitrogen and oxygen atoms in total. The van der Waals surface area contributed by atoms with E-state index in [0.717, 1.165) is 42.4 Å². The highest BCUT2D eigenvalue weighted by molar-refractivity contribution is 5.82. The number of esters is 2. The highest BCUT2D eigenvalue weighted by Gasteiger charge is 2.23. The number of rotatable bonds is 11. The van der Waals surface area contributed by atoms with Crippen LogP contribution >= 0.6 is 0 Å². The molecule has 39 heavy (non-hydrogen) atoms. The van der Waals surface area contributed by atoms with E-state index in [9.17, 15) is 14.7 Å². The maximum absolute atomic E-state index is 12.6. The third kappa shape index (κ3) is 16.1. The first-order valence-corrected chi connectivity index (χ1v) is 14.6. The Morgan fingerprint density at radius 2 is 1.82 bits per heavy atom. The fraction of sp³-hybridized carbons (Fsp3) is 0.588. The number of carbonyl (C=O) groups excluding carboxylic acids is 2. The summed E-state index contributed by atoms with van der Waals surface area (Å²) in [5.41, 5.74) is 3.01. The number of ether oxygens (including phenoxy) is 2. The number of hydrogen-bond donors (Lipinski definition) is 1. The minimum absolute atomic E-state index is 0.0941. The van der Waals surface area contributed by atoms with Gasteiger partial charge >= 0.3 is 11.9 Å². The van der Waals surface area contributed by atoms with Gasteiger partial charge in [0.15, 0.2) is 0 Å². The summed E-state index contributed by atoms with van der Waals surface area (Å²) in [6.07, 6.45) is 22.5. The predicted molar refractivity (Wildman–Crippen MR) is 161 cm³/mol. The molecule has 0 aliphatic carbocycles. The summed E-state index contributed by atoms with van der Waals surface area (Å²) in [5.74, 6) is -0.128. The number of aliphatic hydroxyl groups is 1. The van der Waals surface area contributed by atoms with E-state index in [1.807, 2.05) is 51.2 Å². The lowest BCUT2D eigenvalue weighted by molar-refractivity contribution is -0.151. The number of aliphatic hydroxyl groups excluding tert-OH is 1. The fourth-order valence-electron chi connectivity index (χ4n) is 4.33. The molecule has 0 fully saturated rings. The largest absolute Gasteiger partial charge is 0.462 e. The summed E-state index contributed by atoms with van der Waals surface area (Å²) in [6.45, 7) is 14.3. The van der Waals surface area contributed by atoms with Gasteiger partial charge in [-0.3, -0.25) is 4.79 Å². The smallest absolute Gasteiger partial charge is 0.331 e. The van der Waals surface area contributed by atoms with Crippen molar-refractivity contribution in [1.29, 1.82) is 0 Å². The summed E-state index contributed by atoms with van der Waals surface area (Å²) in [6, 6.07) is 0. The lowest BCUT2D eigenvalue weighted by Crippen LogP contribution is -2.26. The van der Waals surface area contributed by atoms with E-state index in [1.54, 1.807) is 6.08 Å². The Hall–Kier alpha value is -2.66. The molecule has 0 radical (unpaired) electrons. The predicted octanol–water partition coefficient (Wildman–Crippen LogP) is 8.12. The molecule has 1 aliphatic heterocycles. The van der Waals surface area contributed by atoms with Crippen LogP contribution in [0.15, 0.2) is 71.4 Å². The Balaban J connectivity index is 2.71. The van der Waals surface area contributed by atoms with Crippen LogP contribution in [0.5, 0.6) is 0 Å². The second-order valence-electron chi connectivity index (χ2n) is 11.2. The molecule has 0 amide bonds. The molecule has 1 rings (SSSR count). The molecule has 1 aliphatic rings. The highest BCUT2D eigenvalue weighted by atomic mass is 16.5. The Labute approximate surface area is 237 Å². The molecule has 0 spiro atoms. The fourth-order valence-corrected chi connectivity index (χ4v) is 4.33. The highest BCUT2D eigenvalue weighted by Crippen LogP contribution is 2.22. The van der Waals surface area contributed by atoms with Crippen LogP contribution in [0.3, 0.4) is 0 Å². The van der Waals surface area contributed by atoms with Crippen molar-refractivity contribution in [3.63, 3.8) is 0 Å². The van der Waals surface area contributed by atoms with E-state index in [1.165, 1.54) is 6.08 Å². The molecule has 1 unspecified atom stereocenters. The van der Waals surface area contributed by atoms with Gasteiger partial charge in [0.25, 0.3) is 0 Å². The Kier molecular flexibility index (Phi) is 17.1. The summed E-state index contributed by atoms with van der Waals surface area (Å²) in [7, 11) is 0. The van der Waals surface area contributed by atoms with Crippen molar-refractivity contribution in [3.8, 4) is 0 Å². The molecule has 5 heteroatoms. The standard InChI is InChI=1S/C34H52O5/c1-8-9-17-30(35)24-27(5)15-12-14-26(4)23-28(6)21-22-34(37)39-32-19-13-20-33(36)38-31(25(2)3)18-11-10-16-29(32)7/h10-12,14-15,21-25,29-32,35H,8-9,13,16-20H2,1-7H3/b11-10+,15-12+,22-21+,26-14+,27-24+,28-23+/t29-,30-,31?,32-/m0/s1. The molecular formula is C34H52O5. The lowest BCUT2D eigenvalue weighted by atomic mass is 9.94. The quantitative estimate of drug-likeness (QED) is 0.124. The normalized spacial score (nSPS) is 24.4. The molecule has 218 valence electrons. The van der Waals surface area contributed by atoms with Gasteiger partial charge in [-0.1, -0.05) is 106 Å². The zero-order chi connectivity index (χ0) is 29.2. The Bertz CT molecular complexity index is 931. The second kappa shape index (κ2) is 19.4. The van der Waals surface area contributed by atoms with Gasteiger partial charge in [-0.25, -0.2) is 4.79 Å². The van der Waals surface area contributed by atoms with Crippen LogP contribution in [0, 0.1) is 11.8 Å². The summed E-state index contributed by atoms with van der Waals surface area (Å²) >= 11 is 0. The molecule has 1 heterocycles. The number of cyclic esters (lactones) is 1. The maximum Gasteiger partial charge on any atom is 0.331 e. The van der Waals surface area contributed by atoms with Crippen molar-refractivity contribution in [3.05, 3.63) is 71.4 Å². The maximum atomic E-state index is 12.6. The first-order valence-electron chi connectivity index (χ1n) is 14.6. The Morgan fingerprint density at radius 3 is 2.51 bits per heavy atom. The Morgan fingerprint density at radius 1 is 1.10 bits per heavy atom. The summed E-state index contributed by atoms with van der Waals surface area (Å²) in [5, 5.41) is 10.0. The van der Waals surface area contributed by atoms with Crippen molar-refractivity contribution in [2.75, 3.05) is 0 Å². The van der Waals surface area contributed by atoms with E-state index in [0.29, 0.717) is 25.7 Å². The van der Waals surface area contributed by atoms with Crippen molar-refractivity contribution in [2.45, 2.75) is 118 Å². The molecule has 0 saturated heterocycles. The lowest BCUT2D eigenvalue weighted by Gasteiger charge is -2.24. The van der Waals surface area contributed by atoms with Gasteiger partial charge in [0.2, 0.25) is 0 Å². The van der Waals surface area contributed by atoms with Crippen LogP contribution in [-0.2, 0) is 19.1 Å². The van der Waals surface area contributed by atoms with Gasteiger partial charge in [0, 0.05) is 18.9 Å². The van der Waals surface area contributed by atoms with Crippen LogP contribution in [0.25, 0.3) is 0 Å². The minimum Gasteiger partial charge on any atom is -0.462 e. The van der Waals surface area contributed by atoms with E-state index < -0.39 is 6.10 Å². The SMILES string of the molecule is CCCC[C@H](O)/C=C(C)/C=C/C=C(C)/C=C(C)/C=C/C(=O)O[C@H]1CCCC(=O)OC(C(C)C)C/C=C/C[C@@H]1C. The van der Waals surface area contributed by atoms with E-state index in [4.69, 9.17) is 9.47 Å². The van der Waals surface area contributed by atoms with Crippen LogP contribution in [-0.4, -0.2) is 35.4 Å². The average molecular weight is 541 g/mol. The number of carbonyl (C=O) groups is 2. The van der Waals surface area contributed by atoms with Gasteiger partial charge < -0.3 is 14.6 Å². The summed E-state index contributed by atoms with van der Waals surface area (Å²) < 4.78 is 11.5. The zero-order valence-electron chi connectivity index (χ0n) is 25.3. The molecule has 4 atom stereocenters. The first kappa shape index (κ1) is 34.4. The first-order chi connectivity index (χ1) is 18.5. The van der Waals surface area contributed by atoms with E-state index >= 15 is 0 Å². The van der Waals surface area contributed by atoms with Crippen molar-refractivity contribution in [2.24, 2.45) is 11.8 Å². The van der Waals surface area contributed by atoms with E-state index in [2.05, 4.69) is 39.8 Å². The van der Waals surface area contributed by atoms with Gasteiger partial charge in [-0.2, -0.15) is 0 Å².